The summed E-state index contributed by atoms with van der Waals surface area (Å²) in [7, 11) is 0. The second-order valence-electron chi connectivity index (χ2n) is 5.64. The van der Waals surface area contributed by atoms with Gasteiger partial charge in [-0.3, -0.25) is 5.41 Å². The summed E-state index contributed by atoms with van der Waals surface area (Å²) in [6, 6.07) is 13.9. The highest BCUT2D eigenvalue weighted by Crippen LogP contribution is 2.33. The van der Waals surface area contributed by atoms with E-state index in [2.05, 4.69) is 4.98 Å². The Hall–Kier alpha value is -2.77. The third kappa shape index (κ3) is 3.31. The third-order valence-corrected chi connectivity index (χ3v) is 5.81. The molecule has 0 bridgehead atoms. The fraction of sp³-hybridized carbons (Fsp3) is 0.0526. The Morgan fingerprint density at radius 3 is 2.65 bits per heavy atom. The molecule has 4 nitrogen and oxygen atoms in total. The average molecular weight is 383 g/mol. The van der Waals surface area contributed by atoms with Crippen LogP contribution in [0.4, 0.5) is 4.39 Å². The molecule has 0 aliphatic heterocycles. The highest BCUT2D eigenvalue weighted by atomic mass is 32.1. The number of fused-ring (bicyclic) bond motifs is 1. The highest BCUT2D eigenvalue weighted by Gasteiger charge is 2.19. The predicted molar refractivity (Wildman–Crippen MR) is 104 cm³/mol. The molecule has 7 heteroatoms. The Morgan fingerprint density at radius 2 is 1.96 bits per heavy atom. The number of thiophene rings is 1. The van der Waals surface area contributed by atoms with Gasteiger partial charge < -0.3 is 10.5 Å². The van der Waals surface area contributed by atoms with Gasteiger partial charge >= 0.3 is 0 Å². The number of ether oxygens (including phenoxy) is 1. The maximum Gasteiger partial charge on any atom is 0.175 e. The van der Waals surface area contributed by atoms with Crippen LogP contribution in [0.5, 0.6) is 5.75 Å². The first-order valence-corrected chi connectivity index (χ1v) is 9.49. The number of amidine groups is 1. The van der Waals surface area contributed by atoms with Gasteiger partial charge in [-0.15, -0.1) is 22.7 Å². The van der Waals surface area contributed by atoms with Crippen LogP contribution < -0.4 is 10.5 Å². The lowest BCUT2D eigenvalue weighted by Gasteiger charge is -2.17. The summed E-state index contributed by atoms with van der Waals surface area (Å²) in [5, 5.41) is 11.3. The molecule has 0 spiro atoms. The number of nitrogens with one attached hydrogen (secondary N) is 1. The van der Waals surface area contributed by atoms with Crippen molar-refractivity contribution in [2.24, 2.45) is 5.73 Å². The molecule has 3 N–H and O–H groups in total. The summed E-state index contributed by atoms with van der Waals surface area (Å²) in [6.07, 6.45) is 1.31. The Bertz CT molecular complexity index is 1060. The Labute approximate surface area is 157 Å². The fourth-order valence-electron chi connectivity index (χ4n) is 2.62. The van der Waals surface area contributed by atoms with Gasteiger partial charge in [-0.05, 0) is 47.3 Å². The van der Waals surface area contributed by atoms with Crippen molar-refractivity contribution in [2.45, 2.75) is 6.10 Å². The van der Waals surface area contributed by atoms with Gasteiger partial charge in [-0.25, -0.2) is 9.37 Å². The van der Waals surface area contributed by atoms with Crippen molar-refractivity contribution in [2.75, 3.05) is 0 Å². The Kier molecular flexibility index (Phi) is 4.40. The maximum atomic E-state index is 13.3. The standard InChI is InChI=1S/C19H14FN3OS2/c20-13-4-1-11(2-5-13)17(19-23-7-8-25-19)24-14-6-3-12-9-16(18(21)22)26-15(12)10-14/h1-10,17H,(H3,21,22). The van der Waals surface area contributed by atoms with E-state index in [9.17, 15) is 4.39 Å². The molecule has 26 heavy (non-hydrogen) atoms. The van der Waals surface area contributed by atoms with E-state index in [1.54, 1.807) is 18.3 Å². The number of hydrogen-bond donors (Lipinski definition) is 2. The van der Waals surface area contributed by atoms with Crippen LogP contribution >= 0.6 is 22.7 Å². The molecule has 0 aliphatic rings. The lowest BCUT2D eigenvalue weighted by atomic mass is 10.1. The summed E-state index contributed by atoms with van der Waals surface area (Å²) in [6.45, 7) is 0. The van der Waals surface area contributed by atoms with Gasteiger partial charge in [0.2, 0.25) is 0 Å². The molecule has 0 radical (unpaired) electrons. The molecule has 1 atom stereocenters. The van der Waals surface area contributed by atoms with E-state index in [0.717, 1.165) is 25.5 Å². The summed E-state index contributed by atoms with van der Waals surface area (Å²) in [4.78, 5) is 5.09. The minimum absolute atomic E-state index is 0.0562. The van der Waals surface area contributed by atoms with E-state index in [4.69, 9.17) is 15.9 Å². The van der Waals surface area contributed by atoms with Crippen molar-refractivity contribution in [3.63, 3.8) is 0 Å². The van der Waals surface area contributed by atoms with Crippen LogP contribution in [0.25, 0.3) is 10.1 Å². The molecule has 1 unspecified atom stereocenters. The van der Waals surface area contributed by atoms with Gasteiger partial charge in [0.15, 0.2) is 6.10 Å². The van der Waals surface area contributed by atoms with Crippen LogP contribution in [0, 0.1) is 11.2 Å². The molecule has 0 saturated heterocycles. The Morgan fingerprint density at radius 1 is 1.15 bits per heavy atom. The molecule has 4 rings (SSSR count). The Balaban J connectivity index is 1.70. The quantitative estimate of drug-likeness (QED) is 0.378. The smallest absolute Gasteiger partial charge is 0.175 e. The molecule has 0 fully saturated rings. The molecule has 4 aromatic rings. The van der Waals surface area contributed by atoms with Crippen molar-refractivity contribution in [1.82, 2.24) is 4.98 Å². The second kappa shape index (κ2) is 6.86. The topological polar surface area (TPSA) is 72.0 Å². The van der Waals surface area contributed by atoms with E-state index in [-0.39, 0.29) is 11.7 Å². The van der Waals surface area contributed by atoms with Gasteiger partial charge in [0.25, 0.3) is 0 Å². The SMILES string of the molecule is N=C(N)c1cc2ccc(OC(c3ccc(F)cc3)c3nccs3)cc2s1. The van der Waals surface area contributed by atoms with Crippen LogP contribution in [0.2, 0.25) is 0 Å². The van der Waals surface area contributed by atoms with Gasteiger partial charge in [-0.2, -0.15) is 0 Å². The number of nitrogens with two attached hydrogens (primary N) is 1. The molecule has 0 aliphatic carbocycles. The van der Waals surface area contributed by atoms with Gasteiger partial charge in [0.1, 0.15) is 22.4 Å². The number of rotatable bonds is 5. The lowest BCUT2D eigenvalue weighted by molar-refractivity contribution is 0.247. The summed E-state index contributed by atoms with van der Waals surface area (Å²) in [5.41, 5.74) is 6.40. The number of aromatic nitrogens is 1. The predicted octanol–water partition coefficient (Wildman–Crippen LogP) is 4.95. The summed E-state index contributed by atoms with van der Waals surface area (Å²) < 4.78 is 20.5. The van der Waals surface area contributed by atoms with Crippen molar-refractivity contribution in [3.05, 3.63) is 81.4 Å². The third-order valence-electron chi connectivity index (χ3n) is 3.86. The molecule has 2 aromatic heterocycles. The van der Waals surface area contributed by atoms with Gasteiger partial charge in [0.05, 0.1) is 4.88 Å². The highest BCUT2D eigenvalue weighted by molar-refractivity contribution is 7.20. The van der Waals surface area contributed by atoms with Crippen molar-refractivity contribution in [3.8, 4) is 5.75 Å². The van der Waals surface area contributed by atoms with Crippen molar-refractivity contribution >= 4 is 38.6 Å². The average Bonchev–Trinajstić information content (AvgIpc) is 3.30. The van der Waals surface area contributed by atoms with Crippen LogP contribution in [0.1, 0.15) is 21.6 Å². The molecular weight excluding hydrogens is 369 g/mol. The van der Waals surface area contributed by atoms with Crippen LogP contribution in [-0.2, 0) is 0 Å². The molecule has 130 valence electrons. The van der Waals surface area contributed by atoms with Crippen LogP contribution in [0.3, 0.4) is 0 Å². The molecule has 0 saturated carbocycles. The normalized spacial score (nSPS) is 12.2. The maximum absolute atomic E-state index is 13.3. The molecule has 0 amide bonds. The van der Waals surface area contributed by atoms with Gasteiger partial charge in [-0.1, -0.05) is 12.1 Å². The zero-order valence-electron chi connectivity index (χ0n) is 13.5. The number of halogens is 1. The molecular formula is C19H14FN3OS2. The summed E-state index contributed by atoms with van der Waals surface area (Å²) in [5.74, 6) is 0.447. The number of nitrogen functional groups attached to an aromatic ring is 1. The number of hydrogen-bond acceptors (Lipinski definition) is 5. The van der Waals surface area contributed by atoms with Crippen LogP contribution in [0.15, 0.2) is 60.1 Å². The fourth-order valence-corrected chi connectivity index (χ4v) is 4.26. The van der Waals surface area contributed by atoms with Crippen LogP contribution in [-0.4, -0.2) is 10.8 Å². The minimum Gasteiger partial charge on any atom is -0.478 e. The van der Waals surface area contributed by atoms with Gasteiger partial charge in [0, 0.05) is 16.3 Å². The first-order valence-electron chi connectivity index (χ1n) is 7.79. The number of thiazole rings is 1. The van der Waals surface area contributed by atoms with E-state index in [1.807, 2.05) is 29.6 Å². The second-order valence-corrected chi connectivity index (χ2v) is 7.65. The van der Waals surface area contributed by atoms with E-state index in [1.165, 1.54) is 34.8 Å². The lowest BCUT2D eigenvalue weighted by Crippen LogP contribution is -2.09. The molecule has 2 heterocycles. The van der Waals surface area contributed by atoms with Crippen molar-refractivity contribution in [1.29, 1.82) is 5.41 Å². The minimum atomic E-state index is -0.416. The first kappa shape index (κ1) is 16.7. The van der Waals surface area contributed by atoms with E-state index in [0.29, 0.717) is 5.75 Å². The first-order chi connectivity index (χ1) is 12.6. The largest absolute Gasteiger partial charge is 0.478 e. The monoisotopic (exact) mass is 383 g/mol. The number of benzene rings is 2. The van der Waals surface area contributed by atoms with E-state index >= 15 is 0 Å². The molecule has 2 aromatic carbocycles. The number of nitrogens with zero attached hydrogens (tertiary/aromatic N) is 1. The van der Waals surface area contributed by atoms with E-state index < -0.39 is 6.10 Å². The zero-order chi connectivity index (χ0) is 18.1. The van der Waals surface area contributed by atoms with Crippen molar-refractivity contribution < 1.29 is 9.13 Å². The summed E-state index contributed by atoms with van der Waals surface area (Å²) >= 11 is 2.94. The zero-order valence-corrected chi connectivity index (χ0v) is 15.1.